The van der Waals surface area contributed by atoms with Crippen molar-refractivity contribution >= 4 is 22.7 Å². The van der Waals surface area contributed by atoms with E-state index in [-0.39, 0.29) is 17.9 Å². The molecule has 0 amide bonds. The lowest BCUT2D eigenvalue weighted by Gasteiger charge is -2.18. The van der Waals surface area contributed by atoms with Crippen LogP contribution in [0.2, 0.25) is 0 Å². The summed E-state index contributed by atoms with van der Waals surface area (Å²) in [6, 6.07) is 8.34. The van der Waals surface area contributed by atoms with Gasteiger partial charge in [-0.05, 0) is 35.9 Å². The first kappa shape index (κ1) is 14.3. The van der Waals surface area contributed by atoms with Gasteiger partial charge < -0.3 is 19.3 Å². The minimum Gasteiger partial charge on any atom is -0.497 e. The molecule has 2 aromatic rings. The Kier molecular flexibility index (Phi) is 3.26. The van der Waals surface area contributed by atoms with Crippen LogP contribution in [0.5, 0.6) is 11.5 Å². The predicted molar refractivity (Wildman–Crippen MR) is 76.7 cm³/mol. The molecule has 1 unspecified atom stereocenters. The third kappa shape index (κ3) is 1.84. The zero-order valence-electron chi connectivity index (χ0n) is 12.1. The van der Waals surface area contributed by atoms with Gasteiger partial charge in [-0.1, -0.05) is 12.1 Å². The summed E-state index contributed by atoms with van der Waals surface area (Å²) in [5.41, 5.74) is -2.34. The van der Waals surface area contributed by atoms with Crippen molar-refractivity contribution in [2.75, 3.05) is 13.7 Å². The van der Waals surface area contributed by atoms with Gasteiger partial charge in [0.15, 0.2) is 0 Å². The molecule has 22 heavy (non-hydrogen) atoms. The van der Waals surface area contributed by atoms with E-state index in [2.05, 4.69) is 0 Å². The predicted octanol–water partition coefficient (Wildman–Crippen LogP) is 1.52. The first-order valence-corrected chi connectivity index (χ1v) is 6.75. The number of fused-ring (bicyclic) bond motifs is 3. The van der Waals surface area contributed by atoms with Gasteiger partial charge in [0.05, 0.1) is 19.3 Å². The standard InChI is InChI=1S/C16H14O6/c1-3-21-14(17)16(19)13-11-6-5-10(20-2)8-9(11)4-7-12(13)22-15(16)18/h4-8,19H,3H2,1-2H3. The molecular weight excluding hydrogens is 288 g/mol. The zero-order chi connectivity index (χ0) is 15.9. The molecule has 3 rings (SSSR count). The lowest BCUT2D eigenvalue weighted by atomic mass is 9.90. The summed E-state index contributed by atoms with van der Waals surface area (Å²) in [5.74, 6) is -1.32. The first-order chi connectivity index (χ1) is 10.5. The number of ether oxygens (including phenoxy) is 3. The fraction of sp³-hybridized carbons (Fsp3) is 0.250. The van der Waals surface area contributed by atoms with Crippen LogP contribution in [0, 0.1) is 0 Å². The second kappa shape index (κ2) is 4.99. The van der Waals surface area contributed by atoms with E-state index < -0.39 is 17.5 Å². The van der Waals surface area contributed by atoms with E-state index in [9.17, 15) is 14.7 Å². The summed E-state index contributed by atoms with van der Waals surface area (Å²) in [6.07, 6.45) is 0. The van der Waals surface area contributed by atoms with Gasteiger partial charge in [-0.2, -0.15) is 0 Å². The number of carbonyl (C=O) groups is 2. The van der Waals surface area contributed by atoms with Crippen LogP contribution in [0.15, 0.2) is 30.3 Å². The Bertz CT molecular complexity index is 782. The molecule has 1 N–H and O–H groups in total. The fourth-order valence-electron chi connectivity index (χ4n) is 2.57. The maximum Gasteiger partial charge on any atom is 0.360 e. The number of hydrogen-bond acceptors (Lipinski definition) is 6. The van der Waals surface area contributed by atoms with Gasteiger partial charge in [0.1, 0.15) is 11.5 Å². The molecule has 1 heterocycles. The Hall–Kier alpha value is -2.60. The van der Waals surface area contributed by atoms with Crippen LogP contribution in [0.25, 0.3) is 10.8 Å². The van der Waals surface area contributed by atoms with Crippen molar-refractivity contribution in [3.63, 3.8) is 0 Å². The van der Waals surface area contributed by atoms with E-state index >= 15 is 0 Å². The van der Waals surface area contributed by atoms with Gasteiger partial charge in [-0.15, -0.1) is 0 Å². The average Bonchev–Trinajstić information content (AvgIpc) is 2.79. The largest absolute Gasteiger partial charge is 0.497 e. The smallest absolute Gasteiger partial charge is 0.360 e. The number of rotatable bonds is 3. The van der Waals surface area contributed by atoms with Gasteiger partial charge in [0.2, 0.25) is 0 Å². The van der Waals surface area contributed by atoms with Crippen molar-refractivity contribution in [3.05, 3.63) is 35.9 Å². The van der Waals surface area contributed by atoms with Crippen molar-refractivity contribution in [1.29, 1.82) is 0 Å². The molecule has 0 spiro atoms. The molecule has 0 radical (unpaired) electrons. The number of carbonyl (C=O) groups excluding carboxylic acids is 2. The summed E-state index contributed by atoms with van der Waals surface area (Å²) in [7, 11) is 1.54. The SMILES string of the molecule is CCOC(=O)C1(O)C(=O)Oc2ccc3cc(OC)ccc3c21. The molecule has 0 saturated heterocycles. The van der Waals surface area contributed by atoms with Gasteiger partial charge in [-0.25, -0.2) is 9.59 Å². The van der Waals surface area contributed by atoms with Crippen molar-refractivity contribution in [1.82, 2.24) is 0 Å². The molecule has 2 aromatic carbocycles. The summed E-state index contributed by atoms with van der Waals surface area (Å²) in [5, 5.41) is 11.9. The highest BCUT2D eigenvalue weighted by atomic mass is 16.6. The van der Waals surface area contributed by atoms with Crippen LogP contribution in [0.1, 0.15) is 12.5 Å². The van der Waals surface area contributed by atoms with E-state index in [0.717, 1.165) is 0 Å². The summed E-state index contributed by atoms with van der Waals surface area (Å²) in [4.78, 5) is 24.1. The number of hydrogen-bond donors (Lipinski definition) is 1. The third-order valence-corrected chi connectivity index (χ3v) is 3.62. The van der Waals surface area contributed by atoms with Crippen molar-refractivity contribution in [3.8, 4) is 11.5 Å². The van der Waals surface area contributed by atoms with Crippen molar-refractivity contribution < 1.29 is 28.9 Å². The molecule has 114 valence electrons. The number of aliphatic hydroxyl groups is 1. The summed E-state index contributed by atoms with van der Waals surface area (Å²) < 4.78 is 15.0. The van der Waals surface area contributed by atoms with E-state index in [4.69, 9.17) is 14.2 Å². The Morgan fingerprint density at radius 3 is 2.77 bits per heavy atom. The van der Waals surface area contributed by atoms with E-state index in [1.165, 1.54) is 13.2 Å². The monoisotopic (exact) mass is 302 g/mol. The fourth-order valence-corrected chi connectivity index (χ4v) is 2.57. The Morgan fingerprint density at radius 1 is 1.32 bits per heavy atom. The molecule has 1 atom stereocenters. The topological polar surface area (TPSA) is 82.1 Å². The molecular formula is C16H14O6. The van der Waals surface area contributed by atoms with Gasteiger partial charge >= 0.3 is 11.9 Å². The maximum absolute atomic E-state index is 12.1. The minimum atomic E-state index is -2.44. The quantitative estimate of drug-likeness (QED) is 0.526. The molecule has 6 nitrogen and oxygen atoms in total. The second-order valence-corrected chi connectivity index (χ2v) is 4.85. The van der Waals surface area contributed by atoms with Crippen LogP contribution in [-0.2, 0) is 19.9 Å². The lowest BCUT2D eigenvalue weighted by Crippen LogP contribution is -2.43. The maximum atomic E-state index is 12.1. The third-order valence-electron chi connectivity index (χ3n) is 3.62. The minimum absolute atomic E-state index is 0.0440. The molecule has 0 bridgehead atoms. The van der Waals surface area contributed by atoms with E-state index in [1.807, 2.05) is 0 Å². The molecule has 0 fully saturated rings. The van der Waals surface area contributed by atoms with Crippen LogP contribution >= 0.6 is 0 Å². The highest BCUT2D eigenvalue weighted by Crippen LogP contribution is 2.44. The van der Waals surface area contributed by atoms with Crippen LogP contribution in [0.3, 0.4) is 0 Å². The second-order valence-electron chi connectivity index (χ2n) is 4.85. The average molecular weight is 302 g/mol. The summed E-state index contributed by atoms with van der Waals surface area (Å²) >= 11 is 0. The Balaban J connectivity index is 2.26. The number of benzene rings is 2. The number of methoxy groups -OCH3 is 1. The van der Waals surface area contributed by atoms with Gasteiger partial charge in [-0.3, -0.25) is 0 Å². The van der Waals surface area contributed by atoms with E-state index in [0.29, 0.717) is 16.5 Å². The number of esters is 2. The molecule has 1 aliphatic rings. The van der Waals surface area contributed by atoms with Crippen LogP contribution < -0.4 is 9.47 Å². The normalized spacial score (nSPS) is 19.7. The van der Waals surface area contributed by atoms with Crippen LogP contribution in [-0.4, -0.2) is 30.8 Å². The highest BCUT2D eigenvalue weighted by Gasteiger charge is 2.56. The zero-order valence-corrected chi connectivity index (χ0v) is 12.1. The lowest BCUT2D eigenvalue weighted by molar-refractivity contribution is -0.175. The highest BCUT2D eigenvalue weighted by molar-refractivity contribution is 6.12. The van der Waals surface area contributed by atoms with Gasteiger partial charge in [0.25, 0.3) is 5.60 Å². The molecule has 0 saturated carbocycles. The van der Waals surface area contributed by atoms with Crippen molar-refractivity contribution in [2.45, 2.75) is 12.5 Å². The van der Waals surface area contributed by atoms with Crippen molar-refractivity contribution in [2.24, 2.45) is 0 Å². The van der Waals surface area contributed by atoms with Gasteiger partial charge in [0, 0.05) is 0 Å². The van der Waals surface area contributed by atoms with Crippen LogP contribution in [0.4, 0.5) is 0 Å². The molecule has 6 heteroatoms. The first-order valence-electron chi connectivity index (χ1n) is 6.75. The molecule has 0 aliphatic carbocycles. The Morgan fingerprint density at radius 2 is 2.09 bits per heavy atom. The molecule has 1 aliphatic heterocycles. The summed E-state index contributed by atoms with van der Waals surface area (Å²) in [6.45, 7) is 1.64. The van der Waals surface area contributed by atoms with E-state index in [1.54, 1.807) is 31.2 Å². The molecule has 0 aromatic heterocycles. The Labute approximate surface area is 126 Å².